The van der Waals surface area contributed by atoms with Crippen molar-refractivity contribution in [2.75, 3.05) is 0 Å². The first-order valence-corrected chi connectivity index (χ1v) is 4.69. The highest BCUT2D eigenvalue weighted by Gasteiger charge is 2.57. The van der Waals surface area contributed by atoms with Crippen molar-refractivity contribution in [2.24, 2.45) is 17.3 Å². The molecule has 1 unspecified atom stereocenters. The summed E-state index contributed by atoms with van der Waals surface area (Å²) in [5, 5.41) is 0. The number of hydrogen-bond acceptors (Lipinski definition) is 1. The van der Waals surface area contributed by atoms with Crippen LogP contribution in [0.25, 0.3) is 0 Å². The van der Waals surface area contributed by atoms with E-state index in [4.69, 9.17) is 0 Å². The molecule has 1 nitrogen and oxygen atoms in total. The van der Waals surface area contributed by atoms with E-state index in [1.165, 1.54) is 25.7 Å². The van der Waals surface area contributed by atoms with E-state index in [0.29, 0.717) is 11.7 Å². The molecular formula is C10H16O. The molecule has 0 aromatic carbocycles. The highest BCUT2D eigenvalue weighted by molar-refractivity contribution is 5.84. The van der Waals surface area contributed by atoms with Gasteiger partial charge in [-0.1, -0.05) is 13.3 Å². The van der Waals surface area contributed by atoms with Gasteiger partial charge >= 0.3 is 0 Å². The molecule has 0 spiro atoms. The first-order chi connectivity index (χ1) is 5.18. The predicted octanol–water partition coefficient (Wildman–Crippen LogP) is 2.40. The quantitative estimate of drug-likeness (QED) is 0.564. The van der Waals surface area contributed by atoms with Crippen molar-refractivity contribution in [1.29, 1.82) is 0 Å². The lowest BCUT2D eigenvalue weighted by Crippen LogP contribution is -2.49. The smallest absolute Gasteiger partial charge is 0.136 e. The Morgan fingerprint density at radius 2 is 2.27 bits per heavy atom. The predicted molar refractivity (Wildman–Crippen MR) is 44.2 cm³/mol. The molecule has 0 radical (unpaired) electrons. The first kappa shape index (κ1) is 7.33. The summed E-state index contributed by atoms with van der Waals surface area (Å²) >= 11 is 0. The lowest BCUT2D eigenvalue weighted by molar-refractivity contribution is -0.141. The van der Waals surface area contributed by atoms with E-state index in [-0.39, 0.29) is 5.41 Å². The van der Waals surface area contributed by atoms with E-state index >= 15 is 0 Å². The Bertz CT molecular complexity index is 197. The average molecular weight is 152 g/mol. The van der Waals surface area contributed by atoms with Crippen molar-refractivity contribution in [3.8, 4) is 0 Å². The van der Waals surface area contributed by atoms with Gasteiger partial charge in [-0.2, -0.15) is 0 Å². The summed E-state index contributed by atoms with van der Waals surface area (Å²) in [6.07, 6.45) is 5.08. The largest absolute Gasteiger partial charge is 0.299 e. The second kappa shape index (κ2) is 2.09. The van der Waals surface area contributed by atoms with E-state index in [1.807, 2.05) is 0 Å². The van der Waals surface area contributed by atoms with Gasteiger partial charge in [0, 0.05) is 5.41 Å². The van der Waals surface area contributed by atoms with Crippen LogP contribution in [0.2, 0.25) is 0 Å². The molecule has 2 aliphatic carbocycles. The number of carbonyl (C=O) groups excluding carboxylic acids is 1. The fraction of sp³-hybridized carbons (Fsp3) is 0.900. The minimum Gasteiger partial charge on any atom is -0.299 e. The zero-order valence-electron chi connectivity index (χ0n) is 7.39. The maximum Gasteiger partial charge on any atom is 0.136 e. The summed E-state index contributed by atoms with van der Waals surface area (Å²) < 4.78 is 0. The zero-order valence-corrected chi connectivity index (χ0v) is 7.39. The molecule has 2 rings (SSSR count). The molecule has 62 valence electrons. The number of hydrogen-bond donors (Lipinski definition) is 0. The minimum absolute atomic E-state index is 0.153. The van der Waals surface area contributed by atoms with Gasteiger partial charge < -0.3 is 0 Å². The summed E-state index contributed by atoms with van der Waals surface area (Å²) in [5.41, 5.74) is 0.153. The molecule has 0 aliphatic heterocycles. The molecule has 0 aromatic heterocycles. The minimum atomic E-state index is 0.153. The summed E-state index contributed by atoms with van der Waals surface area (Å²) in [6, 6.07) is 0. The first-order valence-electron chi connectivity index (χ1n) is 4.69. The molecule has 0 aromatic rings. The van der Waals surface area contributed by atoms with E-state index < -0.39 is 0 Å². The lowest BCUT2D eigenvalue weighted by atomic mass is 9.53. The van der Waals surface area contributed by atoms with Crippen LogP contribution in [-0.4, -0.2) is 5.78 Å². The van der Waals surface area contributed by atoms with Crippen LogP contribution in [0.4, 0.5) is 0 Å². The normalized spacial score (nSPS) is 48.2. The summed E-state index contributed by atoms with van der Waals surface area (Å²) in [7, 11) is 0. The van der Waals surface area contributed by atoms with Crippen molar-refractivity contribution in [1.82, 2.24) is 0 Å². The fourth-order valence-corrected chi connectivity index (χ4v) is 3.37. The third-order valence-corrected chi connectivity index (χ3v) is 4.04. The molecule has 0 heterocycles. The average Bonchev–Trinajstić information content (AvgIpc) is 2.26. The highest BCUT2D eigenvalue weighted by atomic mass is 16.1. The van der Waals surface area contributed by atoms with Crippen LogP contribution in [-0.2, 0) is 4.79 Å². The van der Waals surface area contributed by atoms with Gasteiger partial charge in [0.15, 0.2) is 0 Å². The summed E-state index contributed by atoms with van der Waals surface area (Å²) in [6.45, 7) is 4.03. The molecule has 0 saturated heterocycles. The van der Waals surface area contributed by atoms with Gasteiger partial charge in [0.1, 0.15) is 5.78 Å². The maximum atomic E-state index is 11.4. The molecule has 0 bridgehead atoms. The molecular weight excluding hydrogens is 136 g/mol. The van der Waals surface area contributed by atoms with Gasteiger partial charge in [0.25, 0.3) is 0 Å². The molecule has 1 heteroatoms. The van der Waals surface area contributed by atoms with Gasteiger partial charge in [-0.25, -0.2) is 0 Å². The lowest BCUT2D eigenvalue weighted by Gasteiger charge is -2.49. The monoisotopic (exact) mass is 152 g/mol. The molecule has 2 saturated carbocycles. The Morgan fingerprint density at radius 1 is 1.55 bits per heavy atom. The van der Waals surface area contributed by atoms with Crippen molar-refractivity contribution in [2.45, 2.75) is 39.5 Å². The van der Waals surface area contributed by atoms with Crippen molar-refractivity contribution >= 4 is 5.78 Å². The van der Waals surface area contributed by atoms with E-state index in [0.717, 1.165) is 5.92 Å². The van der Waals surface area contributed by atoms with Crippen molar-refractivity contribution in [3.63, 3.8) is 0 Å². The molecule has 0 N–H and O–H groups in total. The molecule has 2 aliphatic rings. The summed E-state index contributed by atoms with van der Waals surface area (Å²) in [5.74, 6) is 1.89. The Labute approximate surface area is 68.2 Å². The molecule has 3 atom stereocenters. The van der Waals surface area contributed by atoms with E-state index in [9.17, 15) is 4.79 Å². The maximum absolute atomic E-state index is 11.4. The number of carbonyl (C=O) groups is 1. The van der Waals surface area contributed by atoms with Crippen molar-refractivity contribution < 1.29 is 4.79 Å². The van der Waals surface area contributed by atoms with E-state index in [1.54, 1.807) is 6.92 Å². The number of fused-ring (bicyclic) bond motifs is 1. The van der Waals surface area contributed by atoms with E-state index in [2.05, 4.69) is 6.92 Å². The van der Waals surface area contributed by atoms with Crippen LogP contribution in [0.3, 0.4) is 0 Å². The Kier molecular flexibility index (Phi) is 1.39. The third-order valence-electron chi connectivity index (χ3n) is 4.04. The number of ketones is 1. The second-order valence-electron chi connectivity index (χ2n) is 4.32. The van der Waals surface area contributed by atoms with Crippen LogP contribution in [0.5, 0.6) is 0 Å². The second-order valence-corrected chi connectivity index (χ2v) is 4.32. The van der Waals surface area contributed by atoms with Gasteiger partial charge in [-0.3, -0.25) is 4.79 Å². The van der Waals surface area contributed by atoms with Crippen LogP contribution in [0, 0.1) is 17.3 Å². The third kappa shape index (κ3) is 0.692. The molecule has 11 heavy (non-hydrogen) atoms. The van der Waals surface area contributed by atoms with Crippen molar-refractivity contribution in [3.05, 3.63) is 0 Å². The highest BCUT2D eigenvalue weighted by Crippen LogP contribution is 2.61. The Morgan fingerprint density at radius 3 is 2.64 bits per heavy atom. The zero-order chi connectivity index (χ0) is 8.06. The fourth-order valence-electron chi connectivity index (χ4n) is 3.37. The topological polar surface area (TPSA) is 17.1 Å². The van der Waals surface area contributed by atoms with Gasteiger partial charge in [-0.05, 0) is 38.0 Å². The van der Waals surface area contributed by atoms with Gasteiger partial charge in [0.05, 0.1) is 0 Å². The number of Topliss-reactive ketones (excluding diaryl/α,β-unsaturated/α-hetero) is 1. The van der Waals surface area contributed by atoms with Gasteiger partial charge in [0.2, 0.25) is 0 Å². The number of rotatable bonds is 1. The summed E-state index contributed by atoms with van der Waals surface area (Å²) in [4.78, 5) is 11.4. The molecule has 0 amide bonds. The van der Waals surface area contributed by atoms with Gasteiger partial charge in [-0.15, -0.1) is 0 Å². The molecule has 2 fully saturated rings. The Hall–Kier alpha value is -0.330. The van der Waals surface area contributed by atoms with Crippen LogP contribution in [0.1, 0.15) is 39.5 Å². The standard InChI is InChI=1S/C10H16O/c1-7-6-9-4-3-5-10(7,9)8(2)11/h7,9H,3-6H2,1-2H3/t7-,9?,10+/m1/s1. The van der Waals surface area contributed by atoms with Crippen LogP contribution >= 0.6 is 0 Å². The SMILES string of the molecule is CC(=O)[C@@]12CCCC1C[C@H]2C. The van der Waals surface area contributed by atoms with Crippen LogP contribution < -0.4 is 0 Å². The Balaban J connectivity index is 2.26. The van der Waals surface area contributed by atoms with Crippen LogP contribution in [0.15, 0.2) is 0 Å².